The summed E-state index contributed by atoms with van der Waals surface area (Å²) in [4.78, 5) is 11.5. The monoisotopic (exact) mass is 267 g/mol. The van der Waals surface area contributed by atoms with Crippen molar-refractivity contribution >= 4 is 5.91 Å². The normalized spacial score (nSPS) is 11.3. The van der Waals surface area contributed by atoms with Gasteiger partial charge in [-0.05, 0) is 26.3 Å². The molecule has 0 saturated carbocycles. The van der Waals surface area contributed by atoms with Gasteiger partial charge in [0.2, 0.25) is 5.91 Å². The Morgan fingerprint density at radius 3 is 2.74 bits per heavy atom. The topological polar surface area (TPSA) is 71.8 Å². The van der Waals surface area contributed by atoms with E-state index in [1.54, 1.807) is 4.68 Å². The molecule has 19 heavy (non-hydrogen) atoms. The maximum absolute atomic E-state index is 11.5. The summed E-state index contributed by atoms with van der Waals surface area (Å²) >= 11 is 0. The third-order valence-corrected chi connectivity index (χ3v) is 2.46. The molecule has 0 saturated heterocycles. The lowest BCUT2D eigenvalue weighted by Gasteiger charge is -2.07. The summed E-state index contributed by atoms with van der Waals surface area (Å²) in [5.74, 6) is 0.666. The molecular weight excluding hydrogens is 242 g/mol. The van der Waals surface area contributed by atoms with E-state index in [-0.39, 0.29) is 11.9 Å². The van der Waals surface area contributed by atoms with Crippen molar-refractivity contribution in [1.82, 2.24) is 25.6 Å². The van der Waals surface area contributed by atoms with Gasteiger partial charge < -0.3 is 10.6 Å². The number of rotatable bonds is 8. The lowest BCUT2D eigenvalue weighted by Crippen LogP contribution is -2.30. The Labute approximate surface area is 115 Å². The highest BCUT2D eigenvalue weighted by Crippen LogP contribution is 1.96. The van der Waals surface area contributed by atoms with E-state index < -0.39 is 0 Å². The van der Waals surface area contributed by atoms with Crippen LogP contribution in [0.1, 0.15) is 39.8 Å². The number of nitrogens with one attached hydrogen (secondary N) is 2. The first kappa shape index (κ1) is 15.6. The molecule has 6 heteroatoms. The number of hydrogen-bond donors (Lipinski definition) is 2. The molecule has 2 N–H and O–H groups in total. The van der Waals surface area contributed by atoms with E-state index in [1.165, 1.54) is 0 Å². The van der Waals surface area contributed by atoms with Gasteiger partial charge in [-0.15, -0.1) is 5.10 Å². The van der Waals surface area contributed by atoms with Crippen LogP contribution in [0.4, 0.5) is 0 Å². The second-order valence-electron chi connectivity index (χ2n) is 5.47. The molecule has 0 aliphatic rings. The van der Waals surface area contributed by atoms with Gasteiger partial charge >= 0.3 is 0 Å². The average molecular weight is 267 g/mol. The SMILES string of the molecule is CC(C)CNCc1cn(CCC(=O)NC(C)C)nn1. The fraction of sp³-hybridized carbons (Fsp3) is 0.769. The van der Waals surface area contributed by atoms with Crippen LogP contribution in [0.15, 0.2) is 6.20 Å². The first-order valence-corrected chi connectivity index (χ1v) is 6.86. The minimum absolute atomic E-state index is 0.0463. The summed E-state index contributed by atoms with van der Waals surface area (Å²) in [6.07, 6.45) is 2.32. The number of aryl methyl sites for hydroxylation is 1. The van der Waals surface area contributed by atoms with Crippen LogP contribution in [0.3, 0.4) is 0 Å². The minimum Gasteiger partial charge on any atom is -0.354 e. The summed E-state index contributed by atoms with van der Waals surface area (Å²) in [6.45, 7) is 10.5. The molecule has 0 aromatic carbocycles. The Balaban J connectivity index is 2.28. The summed E-state index contributed by atoms with van der Waals surface area (Å²) < 4.78 is 1.71. The molecule has 0 bridgehead atoms. The van der Waals surface area contributed by atoms with E-state index in [0.717, 1.165) is 18.8 Å². The maximum atomic E-state index is 11.5. The third kappa shape index (κ3) is 6.91. The van der Waals surface area contributed by atoms with Gasteiger partial charge in [0, 0.05) is 25.2 Å². The number of nitrogens with zero attached hydrogens (tertiary/aromatic N) is 3. The van der Waals surface area contributed by atoms with Gasteiger partial charge in [0.15, 0.2) is 0 Å². The van der Waals surface area contributed by atoms with Crippen molar-refractivity contribution in [3.05, 3.63) is 11.9 Å². The van der Waals surface area contributed by atoms with Crippen molar-refractivity contribution in [2.45, 2.75) is 53.2 Å². The van der Waals surface area contributed by atoms with Gasteiger partial charge in [-0.3, -0.25) is 9.48 Å². The first-order chi connectivity index (χ1) is 8.97. The van der Waals surface area contributed by atoms with Crippen molar-refractivity contribution in [2.24, 2.45) is 5.92 Å². The molecule has 0 fully saturated rings. The second kappa shape index (κ2) is 7.89. The molecule has 1 aromatic rings. The fourth-order valence-corrected chi connectivity index (χ4v) is 1.63. The van der Waals surface area contributed by atoms with Crippen molar-refractivity contribution in [1.29, 1.82) is 0 Å². The van der Waals surface area contributed by atoms with Crippen LogP contribution >= 0.6 is 0 Å². The zero-order chi connectivity index (χ0) is 14.3. The molecule has 0 radical (unpaired) electrons. The quantitative estimate of drug-likeness (QED) is 0.735. The van der Waals surface area contributed by atoms with Gasteiger partial charge in [-0.25, -0.2) is 0 Å². The smallest absolute Gasteiger partial charge is 0.222 e. The van der Waals surface area contributed by atoms with E-state index in [9.17, 15) is 4.79 Å². The van der Waals surface area contributed by atoms with E-state index in [4.69, 9.17) is 0 Å². The highest BCUT2D eigenvalue weighted by Gasteiger charge is 2.05. The van der Waals surface area contributed by atoms with Gasteiger partial charge in [-0.2, -0.15) is 0 Å². The number of aromatic nitrogens is 3. The molecule has 6 nitrogen and oxygen atoms in total. The van der Waals surface area contributed by atoms with E-state index in [1.807, 2.05) is 20.0 Å². The molecule has 0 atom stereocenters. The molecule has 1 heterocycles. The zero-order valence-corrected chi connectivity index (χ0v) is 12.3. The Morgan fingerprint density at radius 1 is 1.37 bits per heavy atom. The van der Waals surface area contributed by atoms with Crippen LogP contribution in [0.2, 0.25) is 0 Å². The van der Waals surface area contributed by atoms with E-state index >= 15 is 0 Å². The third-order valence-electron chi connectivity index (χ3n) is 2.46. The number of carbonyl (C=O) groups is 1. The van der Waals surface area contributed by atoms with Crippen LogP contribution in [-0.4, -0.2) is 33.5 Å². The predicted molar refractivity (Wildman–Crippen MR) is 74.5 cm³/mol. The van der Waals surface area contributed by atoms with Gasteiger partial charge in [0.1, 0.15) is 0 Å². The molecule has 0 spiro atoms. The highest BCUT2D eigenvalue weighted by molar-refractivity contribution is 5.75. The predicted octanol–water partition coefficient (Wildman–Crippen LogP) is 0.938. The Hall–Kier alpha value is -1.43. The van der Waals surface area contributed by atoms with Crippen LogP contribution in [-0.2, 0) is 17.9 Å². The lowest BCUT2D eigenvalue weighted by molar-refractivity contribution is -0.121. The maximum Gasteiger partial charge on any atom is 0.222 e. The Bertz CT molecular complexity index is 386. The molecule has 1 rings (SSSR count). The zero-order valence-electron chi connectivity index (χ0n) is 12.3. The summed E-state index contributed by atoms with van der Waals surface area (Å²) in [6, 6.07) is 0.180. The van der Waals surface area contributed by atoms with E-state index in [2.05, 4.69) is 34.8 Å². The first-order valence-electron chi connectivity index (χ1n) is 6.86. The summed E-state index contributed by atoms with van der Waals surface area (Å²) in [5.41, 5.74) is 0.907. The van der Waals surface area contributed by atoms with E-state index in [0.29, 0.717) is 18.9 Å². The average Bonchev–Trinajstić information content (AvgIpc) is 2.73. The van der Waals surface area contributed by atoms with Crippen molar-refractivity contribution < 1.29 is 4.79 Å². The summed E-state index contributed by atoms with van der Waals surface area (Å²) in [5, 5.41) is 14.2. The van der Waals surface area contributed by atoms with Gasteiger partial charge in [-0.1, -0.05) is 19.1 Å². The largest absolute Gasteiger partial charge is 0.354 e. The number of carbonyl (C=O) groups excluding carboxylic acids is 1. The van der Waals surface area contributed by atoms with Crippen LogP contribution in [0.25, 0.3) is 0 Å². The minimum atomic E-state index is 0.0463. The molecule has 0 aliphatic heterocycles. The molecular formula is C13H25N5O. The standard InChI is InChI=1S/C13H25N5O/c1-10(2)7-14-8-12-9-18(17-16-12)6-5-13(19)15-11(3)4/h9-11,14H,5-8H2,1-4H3,(H,15,19). The molecule has 0 unspecified atom stereocenters. The summed E-state index contributed by atoms with van der Waals surface area (Å²) in [7, 11) is 0. The lowest BCUT2D eigenvalue weighted by atomic mass is 10.2. The van der Waals surface area contributed by atoms with Crippen LogP contribution in [0, 0.1) is 5.92 Å². The van der Waals surface area contributed by atoms with Crippen LogP contribution in [0.5, 0.6) is 0 Å². The molecule has 0 aliphatic carbocycles. The Kier molecular flexibility index (Phi) is 6.49. The number of hydrogen-bond acceptors (Lipinski definition) is 4. The van der Waals surface area contributed by atoms with Crippen molar-refractivity contribution in [3.8, 4) is 0 Å². The van der Waals surface area contributed by atoms with Gasteiger partial charge in [0.05, 0.1) is 12.2 Å². The number of amides is 1. The van der Waals surface area contributed by atoms with Gasteiger partial charge in [0.25, 0.3) is 0 Å². The molecule has 1 aromatic heterocycles. The van der Waals surface area contributed by atoms with Crippen molar-refractivity contribution in [2.75, 3.05) is 6.54 Å². The second-order valence-corrected chi connectivity index (χ2v) is 5.47. The Morgan fingerprint density at radius 2 is 2.11 bits per heavy atom. The fourth-order valence-electron chi connectivity index (χ4n) is 1.63. The van der Waals surface area contributed by atoms with Crippen LogP contribution < -0.4 is 10.6 Å². The van der Waals surface area contributed by atoms with Crippen molar-refractivity contribution in [3.63, 3.8) is 0 Å². The molecule has 108 valence electrons. The highest BCUT2D eigenvalue weighted by atomic mass is 16.1. The molecule has 1 amide bonds.